The Labute approximate surface area is 333 Å². The van der Waals surface area contributed by atoms with Gasteiger partial charge in [-0.3, -0.25) is 0 Å². The fourth-order valence-electron chi connectivity index (χ4n) is 9.65. The molecular formula is C48H60O8. The van der Waals surface area contributed by atoms with Crippen molar-refractivity contribution in [2.24, 2.45) is 46.8 Å². The molecule has 3 aliphatic carbocycles. The maximum absolute atomic E-state index is 12.9. The van der Waals surface area contributed by atoms with Gasteiger partial charge in [-0.25, -0.2) is 14.4 Å². The van der Waals surface area contributed by atoms with E-state index < -0.39 is 18.1 Å². The SMILES string of the molecule is CC(C)CCC[C@H](C)CCC[C@@H]1[C@H]2C=CC3CC(OC(=O)Oc4ccc(C(=O)Oc5ccc(OC(=O)c6ccc(O)cc6)cc5)cc4)CC[C@@]3(C)[C@@H]2CC[C@@H]1C. The van der Waals surface area contributed by atoms with E-state index in [2.05, 4.69) is 46.8 Å². The van der Waals surface area contributed by atoms with Gasteiger partial charge in [0.15, 0.2) is 0 Å². The number of benzene rings is 3. The van der Waals surface area contributed by atoms with E-state index in [1.807, 2.05) is 0 Å². The van der Waals surface area contributed by atoms with Crippen LogP contribution in [0.15, 0.2) is 84.9 Å². The molecule has 0 bridgehead atoms. The summed E-state index contributed by atoms with van der Waals surface area (Å²) in [6.45, 7) is 12.1. The van der Waals surface area contributed by atoms with Crippen LogP contribution >= 0.6 is 0 Å². The van der Waals surface area contributed by atoms with Gasteiger partial charge >= 0.3 is 18.1 Å². The summed E-state index contributed by atoms with van der Waals surface area (Å²) in [7, 11) is 0. The van der Waals surface area contributed by atoms with Crippen LogP contribution in [0.3, 0.4) is 0 Å². The summed E-state index contributed by atoms with van der Waals surface area (Å²) in [4.78, 5) is 38.0. The summed E-state index contributed by atoms with van der Waals surface area (Å²) < 4.78 is 22.2. The minimum Gasteiger partial charge on any atom is -0.508 e. The predicted molar refractivity (Wildman–Crippen MR) is 217 cm³/mol. The van der Waals surface area contributed by atoms with E-state index in [-0.39, 0.29) is 45.6 Å². The average Bonchev–Trinajstić information content (AvgIpc) is 3.17. The van der Waals surface area contributed by atoms with Crippen LogP contribution in [0.2, 0.25) is 0 Å². The highest BCUT2D eigenvalue weighted by Gasteiger charge is 2.52. The molecule has 2 fully saturated rings. The second-order valence-corrected chi connectivity index (χ2v) is 17.4. The third-order valence-electron chi connectivity index (χ3n) is 13.0. The quantitative estimate of drug-likeness (QED) is 0.0748. The monoisotopic (exact) mass is 764 g/mol. The predicted octanol–water partition coefficient (Wildman–Crippen LogP) is 12.0. The molecule has 0 heterocycles. The number of phenolic OH excluding ortho intramolecular Hbond substituents is 1. The molecule has 1 N–H and O–H groups in total. The molecule has 8 nitrogen and oxygen atoms in total. The Morgan fingerprint density at radius 2 is 1.30 bits per heavy atom. The molecule has 0 aromatic heterocycles. The summed E-state index contributed by atoms with van der Waals surface area (Å²) in [5.41, 5.74) is 0.782. The standard InChI is InChI=1S/C48H60O8/c1-31(2)8-6-9-32(3)10-7-11-42-33(4)12-27-44-43(42)26-17-36-30-41(28-29-48(36,44)5)56-47(52)55-40-20-15-35(16-21-40)46(51)54-39-24-22-38(23-25-39)53-45(50)34-13-18-37(49)19-14-34/h13-26,31-33,36,41-44,49H,6-12,27-30H2,1-5H3/t32-,33-,36?,41?,42-,43+,44+,48+/m0/s1. The molecule has 0 aliphatic heterocycles. The third kappa shape index (κ3) is 10.4. The lowest BCUT2D eigenvalue weighted by Gasteiger charge is -2.56. The van der Waals surface area contributed by atoms with Gasteiger partial charge in [0.25, 0.3) is 0 Å². The van der Waals surface area contributed by atoms with Gasteiger partial charge in [-0.15, -0.1) is 0 Å². The number of ether oxygens (including phenoxy) is 4. The zero-order valence-corrected chi connectivity index (χ0v) is 33.8. The molecule has 8 atom stereocenters. The second-order valence-electron chi connectivity index (χ2n) is 17.4. The van der Waals surface area contributed by atoms with Gasteiger partial charge in [0.2, 0.25) is 0 Å². The summed E-state index contributed by atoms with van der Waals surface area (Å²) in [6.07, 6.45) is 17.4. The first-order valence-corrected chi connectivity index (χ1v) is 20.9. The van der Waals surface area contributed by atoms with Crippen molar-refractivity contribution in [2.75, 3.05) is 0 Å². The molecule has 8 heteroatoms. The number of aromatic hydroxyl groups is 1. The average molecular weight is 765 g/mol. The normalized spacial score (nSPS) is 26.0. The molecule has 0 spiro atoms. The van der Waals surface area contributed by atoms with Crippen molar-refractivity contribution in [3.8, 4) is 23.0 Å². The van der Waals surface area contributed by atoms with E-state index in [9.17, 15) is 19.5 Å². The maximum Gasteiger partial charge on any atom is 0.514 e. The number of fused-ring (bicyclic) bond motifs is 3. The van der Waals surface area contributed by atoms with E-state index in [0.29, 0.717) is 17.8 Å². The zero-order valence-electron chi connectivity index (χ0n) is 33.8. The highest BCUT2D eigenvalue weighted by atomic mass is 16.7. The topological polar surface area (TPSA) is 108 Å². The summed E-state index contributed by atoms with van der Waals surface area (Å²) in [5.74, 6) is 4.54. The Hall–Kier alpha value is -4.59. The number of hydrogen-bond acceptors (Lipinski definition) is 8. The number of allylic oxidation sites excluding steroid dienone is 2. The summed E-state index contributed by atoms with van der Waals surface area (Å²) >= 11 is 0. The highest BCUT2D eigenvalue weighted by molar-refractivity contribution is 5.92. The lowest BCUT2D eigenvalue weighted by Crippen LogP contribution is -2.50. The summed E-state index contributed by atoms with van der Waals surface area (Å²) in [5, 5.41) is 9.41. The molecule has 2 saturated carbocycles. The van der Waals surface area contributed by atoms with Gasteiger partial charge in [-0.05, 0) is 152 Å². The Morgan fingerprint density at radius 3 is 1.93 bits per heavy atom. The van der Waals surface area contributed by atoms with Crippen LogP contribution in [0.1, 0.15) is 126 Å². The Balaban J connectivity index is 0.952. The molecule has 3 aromatic rings. The minimum atomic E-state index is -0.734. The molecule has 300 valence electrons. The number of rotatable bonds is 14. The molecule has 3 aromatic carbocycles. The molecule has 6 rings (SSSR count). The molecule has 0 amide bonds. The molecule has 3 aliphatic rings. The minimum absolute atomic E-state index is 0.0503. The van der Waals surface area contributed by atoms with E-state index in [1.54, 1.807) is 12.1 Å². The lowest BCUT2D eigenvalue weighted by atomic mass is 9.49. The van der Waals surface area contributed by atoms with Crippen molar-refractivity contribution in [1.82, 2.24) is 0 Å². The van der Waals surface area contributed by atoms with Gasteiger partial charge in [0.05, 0.1) is 11.1 Å². The summed E-state index contributed by atoms with van der Waals surface area (Å²) in [6, 6.07) is 17.9. The van der Waals surface area contributed by atoms with Crippen LogP contribution in [0.5, 0.6) is 23.0 Å². The second kappa shape index (κ2) is 18.6. The van der Waals surface area contributed by atoms with Crippen LogP contribution < -0.4 is 14.2 Å². The van der Waals surface area contributed by atoms with Crippen LogP contribution in [0.4, 0.5) is 4.79 Å². The van der Waals surface area contributed by atoms with Gasteiger partial charge in [-0.2, -0.15) is 0 Å². The van der Waals surface area contributed by atoms with Crippen molar-refractivity contribution in [2.45, 2.75) is 111 Å². The van der Waals surface area contributed by atoms with Crippen molar-refractivity contribution in [3.63, 3.8) is 0 Å². The van der Waals surface area contributed by atoms with Crippen molar-refractivity contribution >= 4 is 18.1 Å². The first-order chi connectivity index (χ1) is 26.9. The van der Waals surface area contributed by atoms with Crippen LogP contribution in [0.25, 0.3) is 0 Å². The third-order valence-corrected chi connectivity index (χ3v) is 13.0. The lowest BCUT2D eigenvalue weighted by molar-refractivity contribution is -0.0640. The Morgan fingerprint density at radius 1 is 0.732 bits per heavy atom. The first kappa shape index (κ1) is 41.1. The zero-order chi connectivity index (χ0) is 39.8. The highest BCUT2D eigenvalue weighted by Crippen LogP contribution is 2.59. The van der Waals surface area contributed by atoms with Crippen LogP contribution in [-0.4, -0.2) is 29.3 Å². The van der Waals surface area contributed by atoms with E-state index in [4.69, 9.17) is 18.9 Å². The van der Waals surface area contributed by atoms with Crippen LogP contribution in [0, 0.1) is 46.8 Å². The largest absolute Gasteiger partial charge is 0.514 e. The molecule has 56 heavy (non-hydrogen) atoms. The maximum atomic E-state index is 12.9. The Kier molecular flexibility index (Phi) is 13.6. The molecule has 0 saturated heterocycles. The molecule has 0 radical (unpaired) electrons. The van der Waals surface area contributed by atoms with Gasteiger partial charge in [0, 0.05) is 0 Å². The molecule has 2 unspecified atom stereocenters. The fourth-order valence-corrected chi connectivity index (χ4v) is 9.65. The van der Waals surface area contributed by atoms with E-state index >= 15 is 0 Å². The number of hydrogen-bond donors (Lipinski definition) is 1. The number of carbonyl (C=O) groups excluding carboxylic acids is 3. The molecular weight excluding hydrogens is 705 g/mol. The van der Waals surface area contributed by atoms with Crippen molar-refractivity contribution < 1.29 is 38.4 Å². The van der Waals surface area contributed by atoms with E-state index in [0.717, 1.165) is 42.9 Å². The smallest absolute Gasteiger partial charge is 0.508 e. The van der Waals surface area contributed by atoms with Crippen LogP contribution in [-0.2, 0) is 4.74 Å². The Bertz CT molecular complexity index is 1800. The number of phenols is 1. The number of esters is 2. The van der Waals surface area contributed by atoms with Gasteiger partial charge in [0.1, 0.15) is 29.1 Å². The van der Waals surface area contributed by atoms with Crippen molar-refractivity contribution in [1.29, 1.82) is 0 Å². The number of carbonyl (C=O) groups is 3. The van der Waals surface area contributed by atoms with E-state index in [1.165, 1.54) is 112 Å². The fraction of sp³-hybridized carbons (Fsp3) is 0.521. The van der Waals surface area contributed by atoms with Gasteiger partial charge in [-0.1, -0.05) is 85.3 Å². The van der Waals surface area contributed by atoms with Crippen molar-refractivity contribution in [3.05, 3.63) is 96.1 Å². The first-order valence-electron chi connectivity index (χ1n) is 20.9. The van der Waals surface area contributed by atoms with Gasteiger partial charge < -0.3 is 24.1 Å².